The fraction of sp³-hybridized carbons (Fsp3) is 0.176. The summed E-state index contributed by atoms with van der Waals surface area (Å²) >= 11 is 4.85. The van der Waals surface area contributed by atoms with E-state index in [1.165, 1.54) is 16.9 Å². The number of amides is 1. The number of rotatable bonds is 4. The summed E-state index contributed by atoms with van der Waals surface area (Å²) in [5.41, 5.74) is 3.28. The number of aromatic nitrogens is 1. The average molecular weight is 391 g/mol. The van der Waals surface area contributed by atoms with Crippen LogP contribution in [0, 0.1) is 13.8 Å². The molecule has 0 aliphatic carbocycles. The van der Waals surface area contributed by atoms with Crippen molar-refractivity contribution in [2.45, 2.75) is 13.8 Å². The van der Waals surface area contributed by atoms with Crippen molar-refractivity contribution in [1.82, 2.24) is 4.98 Å². The molecule has 3 rings (SSSR count). The number of thiazole rings is 1. The molecule has 1 amide bonds. The van der Waals surface area contributed by atoms with Crippen molar-refractivity contribution in [3.63, 3.8) is 0 Å². The number of benzene rings is 2. The molecule has 0 radical (unpaired) electrons. The van der Waals surface area contributed by atoms with Crippen LogP contribution in [0.5, 0.6) is 5.75 Å². The zero-order valence-corrected chi connectivity index (χ0v) is 15.1. The van der Waals surface area contributed by atoms with Crippen molar-refractivity contribution in [3.05, 3.63) is 52.0 Å². The van der Waals surface area contributed by atoms with E-state index < -0.39 is 0 Å². The smallest absolute Gasteiger partial charge is 0.264 e. The highest BCUT2D eigenvalue weighted by atomic mass is 79.9. The molecular formula is C17H15BrN2O2S. The van der Waals surface area contributed by atoms with Crippen LogP contribution < -0.4 is 10.1 Å². The topological polar surface area (TPSA) is 51.2 Å². The summed E-state index contributed by atoms with van der Waals surface area (Å²) in [4.78, 5) is 16.5. The monoisotopic (exact) mass is 390 g/mol. The number of para-hydroxylation sites is 1. The molecule has 6 heteroatoms. The van der Waals surface area contributed by atoms with E-state index in [-0.39, 0.29) is 12.5 Å². The first-order valence-electron chi connectivity index (χ1n) is 7.08. The molecule has 1 aromatic heterocycles. The van der Waals surface area contributed by atoms with Gasteiger partial charge in [0, 0.05) is 0 Å². The van der Waals surface area contributed by atoms with Gasteiger partial charge in [0.2, 0.25) is 0 Å². The van der Waals surface area contributed by atoms with Gasteiger partial charge in [-0.1, -0.05) is 29.5 Å². The largest absolute Gasteiger partial charge is 0.483 e. The molecule has 0 aliphatic heterocycles. The van der Waals surface area contributed by atoms with Crippen molar-refractivity contribution in [2.24, 2.45) is 0 Å². The van der Waals surface area contributed by atoms with Crippen LogP contribution in [0.1, 0.15) is 11.1 Å². The number of anilines is 1. The lowest BCUT2D eigenvalue weighted by Gasteiger charge is -2.07. The van der Waals surface area contributed by atoms with E-state index in [0.29, 0.717) is 10.9 Å². The first-order valence-corrected chi connectivity index (χ1v) is 8.69. The van der Waals surface area contributed by atoms with Gasteiger partial charge >= 0.3 is 0 Å². The van der Waals surface area contributed by atoms with E-state index in [4.69, 9.17) is 4.74 Å². The standard InChI is InChI=1S/C17H15BrN2O2S/c1-10-7-8-14-16(11(10)2)20-17(23-14)19-15(21)9-22-13-6-4-3-5-12(13)18/h3-8H,9H2,1-2H3,(H,19,20,21). The summed E-state index contributed by atoms with van der Waals surface area (Å²) in [6.45, 7) is 4.04. The van der Waals surface area contributed by atoms with E-state index >= 15 is 0 Å². The molecule has 0 saturated carbocycles. The third-order valence-corrected chi connectivity index (χ3v) is 5.12. The zero-order valence-electron chi connectivity index (χ0n) is 12.7. The average Bonchev–Trinajstić information content (AvgIpc) is 2.93. The van der Waals surface area contributed by atoms with Crippen LogP contribution in [0.4, 0.5) is 5.13 Å². The molecule has 0 bridgehead atoms. The zero-order chi connectivity index (χ0) is 16.4. The molecule has 0 saturated heterocycles. The third kappa shape index (κ3) is 3.54. The van der Waals surface area contributed by atoms with Crippen LogP contribution >= 0.6 is 27.3 Å². The Labute approximate surface area is 146 Å². The minimum atomic E-state index is -0.228. The Balaban J connectivity index is 1.68. The second-order valence-electron chi connectivity index (χ2n) is 5.14. The third-order valence-electron chi connectivity index (χ3n) is 3.53. The fourth-order valence-electron chi connectivity index (χ4n) is 2.14. The first-order chi connectivity index (χ1) is 11.0. The quantitative estimate of drug-likeness (QED) is 0.702. The van der Waals surface area contributed by atoms with Crippen molar-refractivity contribution < 1.29 is 9.53 Å². The van der Waals surface area contributed by atoms with Gasteiger partial charge in [0.1, 0.15) is 5.75 Å². The number of carbonyl (C=O) groups is 1. The predicted octanol–water partition coefficient (Wildman–Crippen LogP) is 4.69. The van der Waals surface area contributed by atoms with Gasteiger partial charge in [-0.15, -0.1) is 0 Å². The normalized spacial score (nSPS) is 10.7. The van der Waals surface area contributed by atoms with E-state index in [1.54, 1.807) is 6.07 Å². The predicted molar refractivity (Wildman–Crippen MR) is 97.4 cm³/mol. The first kappa shape index (κ1) is 16.0. The Morgan fingerprint density at radius 1 is 1.26 bits per heavy atom. The maximum absolute atomic E-state index is 12.0. The molecule has 1 N–H and O–H groups in total. The maximum Gasteiger partial charge on any atom is 0.264 e. The van der Waals surface area contributed by atoms with Crippen LogP contribution in [0.25, 0.3) is 10.2 Å². The summed E-state index contributed by atoms with van der Waals surface area (Å²) in [6, 6.07) is 11.5. The summed E-state index contributed by atoms with van der Waals surface area (Å²) in [6.07, 6.45) is 0. The highest BCUT2D eigenvalue weighted by molar-refractivity contribution is 9.10. The van der Waals surface area contributed by atoms with Crippen molar-refractivity contribution in [3.8, 4) is 5.75 Å². The molecule has 0 atom stereocenters. The van der Waals surface area contributed by atoms with Gasteiger partial charge in [0.25, 0.3) is 5.91 Å². The molecule has 1 heterocycles. The number of hydrogen-bond donors (Lipinski definition) is 1. The number of aryl methyl sites for hydroxylation is 2. The van der Waals surface area contributed by atoms with Gasteiger partial charge in [-0.3, -0.25) is 10.1 Å². The molecule has 23 heavy (non-hydrogen) atoms. The Morgan fingerprint density at radius 3 is 2.83 bits per heavy atom. The minimum absolute atomic E-state index is 0.0590. The van der Waals surface area contributed by atoms with Gasteiger partial charge in [-0.25, -0.2) is 4.98 Å². The number of hydrogen-bond acceptors (Lipinski definition) is 4. The highest BCUT2D eigenvalue weighted by Crippen LogP contribution is 2.29. The second-order valence-corrected chi connectivity index (χ2v) is 7.03. The fourth-order valence-corrected chi connectivity index (χ4v) is 3.48. The maximum atomic E-state index is 12.0. The van der Waals surface area contributed by atoms with Crippen LogP contribution in [-0.2, 0) is 4.79 Å². The second kappa shape index (κ2) is 6.68. The van der Waals surface area contributed by atoms with Gasteiger partial charge in [0.05, 0.1) is 14.7 Å². The lowest BCUT2D eigenvalue weighted by atomic mass is 10.1. The van der Waals surface area contributed by atoms with Crippen LogP contribution in [-0.4, -0.2) is 17.5 Å². The summed E-state index contributed by atoms with van der Waals surface area (Å²) in [5.74, 6) is 0.410. The number of nitrogens with zero attached hydrogens (tertiary/aromatic N) is 1. The van der Waals surface area contributed by atoms with E-state index in [9.17, 15) is 4.79 Å². The summed E-state index contributed by atoms with van der Waals surface area (Å²) in [7, 11) is 0. The number of fused-ring (bicyclic) bond motifs is 1. The molecule has 3 aromatic rings. The SMILES string of the molecule is Cc1ccc2sc(NC(=O)COc3ccccc3Br)nc2c1C. The molecule has 2 aromatic carbocycles. The van der Waals surface area contributed by atoms with Crippen molar-refractivity contribution in [2.75, 3.05) is 11.9 Å². The Morgan fingerprint density at radius 2 is 2.04 bits per heavy atom. The number of ether oxygens (including phenoxy) is 1. The summed E-state index contributed by atoms with van der Waals surface area (Å²) < 4.78 is 7.39. The molecule has 0 fully saturated rings. The van der Waals surface area contributed by atoms with Gasteiger partial charge in [-0.2, -0.15) is 0 Å². The molecule has 0 spiro atoms. The molecule has 0 aliphatic rings. The Kier molecular flexibility index (Phi) is 4.63. The Bertz CT molecular complexity index is 876. The van der Waals surface area contributed by atoms with Crippen LogP contribution in [0.15, 0.2) is 40.9 Å². The lowest BCUT2D eigenvalue weighted by molar-refractivity contribution is -0.118. The van der Waals surface area contributed by atoms with E-state index in [0.717, 1.165) is 20.3 Å². The van der Waals surface area contributed by atoms with Gasteiger partial charge < -0.3 is 4.74 Å². The Hall–Kier alpha value is -1.92. The molecule has 118 valence electrons. The van der Waals surface area contributed by atoms with Crippen molar-refractivity contribution in [1.29, 1.82) is 0 Å². The van der Waals surface area contributed by atoms with Gasteiger partial charge in [-0.05, 0) is 59.1 Å². The van der Waals surface area contributed by atoms with Crippen LogP contribution in [0.2, 0.25) is 0 Å². The minimum Gasteiger partial charge on any atom is -0.483 e. The highest BCUT2D eigenvalue weighted by Gasteiger charge is 2.11. The van der Waals surface area contributed by atoms with Gasteiger partial charge in [0.15, 0.2) is 11.7 Å². The summed E-state index contributed by atoms with van der Waals surface area (Å²) in [5, 5.41) is 3.39. The van der Waals surface area contributed by atoms with Crippen LogP contribution in [0.3, 0.4) is 0 Å². The number of nitrogens with one attached hydrogen (secondary N) is 1. The van der Waals surface area contributed by atoms with E-state index in [1.807, 2.05) is 31.2 Å². The number of halogens is 1. The number of carbonyl (C=O) groups excluding carboxylic acids is 1. The molecule has 4 nitrogen and oxygen atoms in total. The molecular weight excluding hydrogens is 376 g/mol. The molecule has 0 unspecified atom stereocenters. The van der Waals surface area contributed by atoms with E-state index in [2.05, 4.69) is 39.2 Å². The lowest BCUT2D eigenvalue weighted by Crippen LogP contribution is -2.20. The van der Waals surface area contributed by atoms with Crippen molar-refractivity contribution >= 4 is 48.5 Å².